The molecule has 1 aliphatic carbocycles. The molecule has 0 bridgehead atoms. The van der Waals surface area contributed by atoms with E-state index in [0.717, 1.165) is 31.2 Å². The van der Waals surface area contributed by atoms with Gasteiger partial charge in [0.1, 0.15) is 18.2 Å². The van der Waals surface area contributed by atoms with E-state index in [9.17, 15) is 13.2 Å². The summed E-state index contributed by atoms with van der Waals surface area (Å²) >= 11 is 0. The van der Waals surface area contributed by atoms with E-state index < -0.39 is 11.6 Å². The van der Waals surface area contributed by atoms with Crippen LogP contribution in [0.3, 0.4) is 0 Å². The number of ether oxygens (including phenoxy) is 1. The molecule has 0 saturated heterocycles. The monoisotopic (exact) mass is 462 g/mol. The average molecular weight is 463 g/mol. The lowest BCUT2D eigenvalue weighted by molar-refractivity contribution is 0.339. The SMILES string of the molecule is C=CCOc1ccc(/C=C/c2ccc(-c3ccc(C4CCC(C)CC4)c(F)c3F)cc2)c(F)c1. The Labute approximate surface area is 199 Å². The van der Waals surface area contributed by atoms with Gasteiger partial charge in [0.05, 0.1) is 0 Å². The molecule has 1 aliphatic rings. The molecule has 0 spiro atoms. The largest absolute Gasteiger partial charge is 0.489 e. The van der Waals surface area contributed by atoms with E-state index in [1.54, 1.807) is 66.8 Å². The van der Waals surface area contributed by atoms with Gasteiger partial charge in [-0.25, -0.2) is 13.2 Å². The number of halogens is 3. The molecule has 0 atom stereocenters. The van der Waals surface area contributed by atoms with E-state index in [0.29, 0.717) is 35.0 Å². The Morgan fingerprint density at radius 2 is 1.62 bits per heavy atom. The molecule has 4 rings (SSSR count). The van der Waals surface area contributed by atoms with E-state index in [1.807, 2.05) is 0 Å². The van der Waals surface area contributed by atoms with Crippen LogP contribution in [0.15, 0.2) is 67.3 Å². The number of benzene rings is 3. The minimum atomic E-state index is -0.791. The fourth-order valence-corrected chi connectivity index (χ4v) is 4.52. The van der Waals surface area contributed by atoms with Crippen molar-refractivity contribution in [1.82, 2.24) is 0 Å². The number of rotatable bonds is 7. The predicted molar refractivity (Wildman–Crippen MR) is 133 cm³/mol. The fraction of sp³-hybridized carbons (Fsp3) is 0.267. The van der Waals surface area contributed by atoms with Crippen LogP contribution in [-0.2, 0) is 0 Å². The summed E-state index contributed by atoms with van der Waals surface area (Å²) in [5.74, 6) is -0.715. The van der Waals surface area contributed by atoms with Crippen LogP contribution in [0, 0.1) is 23.4 Å². The Balaban J connectivity index is 1.48. The molecule has 0 aliphatic heterocycles. The smallest absolute Gasteiger partial charge is 0.166 e. The lowest BCUT2D eigenvalue weighted by Gasteiger charge is -2.27. The van der Waals surface area contributed by atoms with Crippen molar-refractivity contribution in [2.75, 3.05) is 6.61 Å². The van der Waals surface area contributed by atoms with Gasteiger partial charge < -0.3 is 4.74 Å². The highest BCUT2D eigenvalue weighted by Gasteiger charge is 2.25. The maximum Gasteiger partial charge on any atom is 0.166 e. The maximum atomic E-state index is 15.0. The van der Waals surface area contributed by atoms with Gasteiger partial charge in [-0.3, -0.25) is 0 Å². The first kappa shape index (κ1) is 23.9. The van der Waals surface area contributed by atoms with Crippen molar-refractivity contribution in [3.05, 3.63) is 101 Å². The Morgan fingerprint density at radius 1 is 0.882 bits per heavy atom. The van der Waals surface area contributed by atoms with Crippen LogP contribution in [0.5, 0.6) is 5.75 Å². The van der Waals surface area contributed by atoms with E-state index >= 15 is 0 Å². The van der Waals surface area contributed by atoms with E-state index in [1.165, 1.54) is 6.07 Å². The topological polar surface area (TPSA) is 9.23 Å². The fourth-order valence-electron chi connectivity index (χ4n) is 4.52. The normalized spacial score (nSPS) is 18.2. The second kappa shape index (κ2) is 10.8. The number of hydrogen-bond acceptors (Lipinski definition) is 1. The molecular formula is C30H29F3O. The molecule has 0 aromatic heterocycles. The van der Waals surface area contributed by atoms with Crippen LogP contribution in [-0.4, -0.2) is 6.61 Å². The standard InChI is InChI=1S/C30H29F3O/c1-3-18-34-25-15-14-24(28(31)19-25)13-8-21-6-11-23(12-7-21)27-17-16-26(29(32)30(27)33)22-9-4-20(2)5-10-22/h3,6-8,11-17,19-20,22H,1,4-5,9-10,18H2,2H3/b13-8+. The maximum absolute atomic E-state index is 15.0. The highest BCUT2D eigenvalue weighted by molar-refractivity contribution is 5.73. The summed E-state index contributed by atoms with van der Waals surface area (Å²) in [5.41, 5.74) is 2.60. The summed E-state index contributed by atoms with van der Waals surface area (Å²) in [4.78, 5) is 0. The van der Waals surface area contributed by atoms with E-state index in [2.05, 4.69) is 13.5 Å². The van der Waals surface area contributed by atoms with Gasteiger partial charge >= 0.3 is 0 Å². The van der Waals surface area contributed by atoms with Crippen LogP contribution in [0.1, 0.15) is 55.2 Å². The molecule has 0 amide bonds. The quantitative estimate of drug-likeness (QED) is 0.252. The van der Waals surface area contributed by atoms with Gasteiger partial charge in [0.2, 0.25) is 0 Å². The summed E-state index contributed by atoms with van der Waals surface area (Å²) in [6.07, 6.45) is 8.96. The second-order valence-electron chi connectivity index (χ2n) is 9.03. The van der Waals surface area contributed by atoms with Crippen molar-refractivity contribution >= 4 is 12.2 Å². The van der Waals surface area contributed by atoms with Gasteiger partial charge in [0, 0.05) is 17.2 Å². The molecule has 1 fully saturated rings. The van der Waals surface area contributed by atoms with Crippen LogP contribution >= 0.6 is 0 Å². The van der Waals surface area contributed by atoms with Gasteiger partial charge in [0.15, 0.2) is 11.6 Å². The van der Waals surface area contributed by atoms with E-state index in [4.69, 9.17) is 4.74 Å². The molecule has 3 aromatic rings. The third-order valence-corrected chi connectivity index (χ3v) is 6.58. The highest BCUT2D eigenvalue weighted by atomic mass is 19.2. The predicted octanol–water partition coefficient (Wildman–Crippen LogP) is 8.80. The Hall–Kier alpha value is -3.27. The first-order valence-corrected chi connectivity index (χ1v) is 11.8. The molecule has 3 aromatic carbocycles. The molecule has 34 heavy (non-hydrogen) atoms. The van der Waals surface area contributed by atoms with Crippen LogP contribution in [0.4, 0.5) is 13.2 Å². The Kier molecular flexibility index (Phi) is 7.56. The molecule has 0 radical (unpaired) electrons. The molecule has 1 saturated carbocycles. The van der Waals surface area contributed by atoms with Crippen LogP contribution < -0.4 is 4.74 Å². The van der Waals surface area contributed by atoms with Crippen LogP contribution in [0.2, 0.25) is 0 Å². The van der Waals surface area contributed by atoms with Crippen molar-refractivity contribution in [1.29, 1.82) is 0 Å². The zero-order chi connectivity index (χ0) is 24.1. The van der Waals surface area contributed by atoms with Crippen molar-refractivity contribution in [3.63, 3.8) is 0 Å². The summed E-state index contributed by atoms with van der Waals surface area (Å²) in [5, 5.41) is 0. The Bertz CT molecular complexity index is 1170. The van der Waals surface area contributed by atoms with Crippen molar-refractivity contribution in [3.8, 4) is 16.9 Å². The first-order valence-electron chi connectivity index (χ1n) is 11.8. The molecular weight excluding hydrogens is 433 g/mol. The molecule has 176 valence electrons. The average Bonchev–Trinajstić information content (AvgIpc) is 2.85. The number of hydrogen-bond donors (Lipinski definition) is 0. The molecule has 0 heterocycles. The summed E-state index contributed by atoms with van der Waals surface area (Å²) in [6, 6.07) is 15.2. The van der Waals surface area contributed by atoms with Gasteiger partial charge in [-0.1, -0.05) is 81.0 Å². The summed E-state index contributed by atoms with van der Waals surface area (Å²) in [6.45, 7) is 6.09. The first-order chi connectivity index (χ1) is 16.5. The molecule has 4 heteroatoms. The summed E-state index contributed by atoms with van der Waals surface area (Å²) < 4.78 is 49.5. The van der Waals surface area contributed by atoms with Gasteiger partial charge in [-0.2, -0.15) is 0 Å². The molecule has 0 unspecified atom stereocenters. The zero-order valence-corrected chi connectivity index (χ0v) is 19.4. The van der Waals surface area contributed by atoms with Crippen molar-refractivity contribution in [2.24, 2.45) is 5.92 Å². The zero-order valence-electron chi connectivity index (χ0n) is 19.4. The Morgan fingerprint density at radius 3 is 2.29 bits per heavy atom. The third kappa shape index (κ3) is 5.44. The van der Waals surface area contributed by atoms with E-state index in [-0.39, 0.29) is 17.3 Å². The van der Waals surface area contributed by atoms with Gasteiger partial charge in [-0.15, -0.1) is 0 Å². The van der Waals surface area contributed by atoms with Crippen molar-refractivity contribution < 1.29 is 17.9 Å². The van der Waals surface area contributed by atoms with Gasteiger partial charge in [-0.05, 0) is 53.5 Å². The molecule has 0 N–H and O–H groups in total. The van der Waals surface area contributed by atoms with Crippen LogP contribution in [0.25, 0.3) is 23.3 Å². The lowest BCUT2D eigenvalue weighted by atomic mass is 9.79. The second-order valence-corrected chi connectivity index (χ2v) is 9.03. The highest BCUT2D eigenvalue weighted by Crippen LogP contribution is 2.38. The lowest BCUT2D eigenvalue weighted by Crippen LogP contribution is -2.13. The minimum Gasteiger partial charge on any atom is -0.489 e. The minimum absolute atomic E-state index is 0.0928. The van der Waals surface area contributed by atoms with Gasteiger partial charge in [0.25, 0.3) is 0 Å². The third-order valence-electron chi connectivity index (χ3n) is 6.58. The summed E-state index contributed by atoms with van der Waals surface area (Å²) in [7, 11) is 0. The van der Waals surface area contributed by atoms with Crippen molar-refractivity contribution in [2.45, 2.75) is 38.5 Å². The molecule has 1 nitrogen and oxygen atoms in total.